The van der Waals surface area contributed by atoms with E-state index in [9.17, 15) is 19.4 Å². The Kier molecular flexibility index (Phi) is 58.8. The topological polar surface area (TPSA) is 105 Å². The molecule has 0 aromatic rings. The highest BCUT2D eigenvalue weighted by molar-refractivity contribution is 7.47. The van der Waals surface area contributed by atoms with Gasteiger partial charge < -0.3 is 19.8 Å². The summed E-state index contributed by atoms with van der Waals surface area (Å²) in [5.41, 5.74) is 0. The molecule has 0 saturated heterocycles. The summed E-state index contributed by atoms with van der Waals surface area (Å²) < 4.78 is 23.7. The lowest BCUT2D eigenvalue weighted by Crippen LogP contribution is -2.45. The molecule has 1 amide bonds. The fourth-order valence-electron chi connectivity index (χ4n) is 10.6. The van der Waals surface area contributed by atoms with Gasteiger partial charge in [0.25, 0.3) is 0 Å². The van der Waals surface area contributed by atoms with E-state index < -0.39 is 20.0 Å². The second-order valence-electron chi connectivity index (χ2n) is 24.9. The summed E-state index contributed by atoms with van der Waals surface area (Å²) in [5.74, 6) is -0.179. The van der Waals surface area contributed by atoms with Gasteiger partial charge in [0.1, 0.15) is 13.2 Å². The number of hydrogen-bond acceptors (Lipinski definition) is 5. The van der Waals surface area contributed by atoms with Crippen LogP contribution in [0, 0.1) is 0 Å². The molecule has 0 radical (unpaired) electrons. The van der Waals surface area contributed by atoms with Gasteiger partial charge in [-0.3, -0.25) is 13.8 Å². The third-order valence-electron chi connectivity index (χ3n) is 15.9. The summed E-state index contributed by atoms with van der Waals surface area (Å²) in [6, 6.07) is -0.861. The van der Waals surface area contributed by atoms with Crippen LogP contribution in [0.1, 0.15) is 354 Å². The van der Waals surface area contributed by atoms with Crippen LogP contribution in [0.4, 0.5) is 0 Å². The Morgan fingerprint density at radius 1 is 0.429 bits per heavy atom. The van der Waals surface area contributed by atoms with E-state index in [0.29, 0.717) is 17.4 Å². The van der Waals surface area contributed by atoms with Crippen LogP contribution >= 0.6 is 7.82 Å². The molecule has 0 heterocycles. The van der Waals surface area contributed by atoms with Crippen molar-refractivity contribution in [1.29, 1.82) is 0 Å². The largest absolute Gasteiger partial charge is 0.472 e. The Morgan fingerprint density at radius 2 is 0.714 bits per heavy atom. The Bertz CT molecular complexity index is 1300. The molecule has 0 spiro atoms. The number of phosphoric acid groups is 1. The fraction of sp³-hybridized carbons (Fsp3) is 0.926. The van der Waals surface area contributed by atoms with Crippen molar-refractivity contribution in [2.75, 3.05) is 40.9 Å². The number of quaternary nitrogens is 1. The average molecular weight is 1110 g/mol. The monoisotopic (exact) mass is 1110 g/mol. The van der Waals surface area contributed by atoms with Crippen LogP contribution in [0.25, 0.3) is 0 Å². The Morgan fingerprint density at radius 3 is 1.04 bits per heavy atom. The van der Waals surface area contributed by atoms with Crippen molar-refractivity contribution in [3.8, 4) is 0 Å². The molecular weight excluding hydrogens is 972 g/mol. The van der Waals surface area contributed by atoms with E-state index in [0.717, 1.165) is 38.5 Å². The number of phosphoric ester groups is 1. The number of likely N-dealkylation sites (N-methyl/N-ethyl adjacent to an activating group) is 1. The number of unbranched alkanes of at least 4 members (excludes halogenated alkanes) is 49. The maximum Gasteiger partial charge on any atom is 0.472 e. The minimum atomic E-state index is -4.35. The van der Waals surface area contributed by atoms with Crippen LogP contribution in [0.15, 0.2) is 24.3 Å². The van der Waals surface area contributed by atoms with Crippen LogP contribution in [-0.4, -0.2) is 73.4 Å². The number of carbonyl (C=O) groups is 1. The van der Waals surface area contributed by atoms with Crippen LogP contribution in [0.3, 0.4) is 0 Å². The summed E-state index contributed by atoms with van der Waals surface area (Å²) in [6.07, 6.45) is 77.7. The van der Waals surface area contributed by atoms with Crippen molar-refractivity contribution in [1.82, 2.24) is 5.32 Å². The second kappa shape index (κ2) is 59.6. The Labute approximate surface area is 481 Å². The van der Waals surface area contributed by atoms with E-state index in [-0.39, 0.29) is 19.1 Å². The minimum Gasteiger partial charge on any atom is -0.387 e. The summed E-state index contributed by atoms with van der Waals surface area (Å²) in [7, 11) is 1.57. The molecule has 458 valence electrons. The maximum absolute atomic E-state index is 13.0. The Balaban J connectivity index is 3.94. The zero-order chi connectivity index (χ0) is 56.3. The van der Waals surface area contributed by atoms with E-state index in [1.165, 1.54) is 295 Å². The number of carbonyl (C=O) groups excluding carboxylic acids is 1. The standard InChI is InChI=1S/C68H135N2O6P/c1-6-8-10-12-14-16-18-20-22-24-26-27-28-29-30-31-32-33-34-35-36-37-38-39-40-41-42-43-44-46-48-50-52-54-56-58-60-62-68(72)69-66(65-76-77(73,74)75-64-63-70(3,4)5)67(71)61-59-57-55-53-51-49-47-45-25-23-21-19-17-15-13-11-9-7-2/h51,53,59,61,66-67,71H,6-50,52,54-58,60,62-65H2,1-5H3,(H-,69,72,73,74)/p+1/b53-51+,61-59+. The van der Waals surface area contributed by atoms with Gasteiger partial charge in [-0.25, -0.2) is 4.57 Å². The first-order chi connectivity index (χ1) is 37.5. The van der Waals surface area contributed by atoms with Crippen molar-refractivity contribution in [2.24, 2.45) is 0 Å². The van der Waals surface area contributed by atoms with E-state index >= 15 is 0 Å². The van der Waals surface area contributed by atoms with Crippen molar-refractivity contribution >= 4 is 13.7 Å². The van der Waals surface area contributed by atoms with E-state index in [4.69, 9.17) is 9.05 Å². The number of nitrogens with one attached hydrogen (secondary N) is 1. The number of nitrogens with zero attached hydrogens (tertiary/aromatic N) is 1. The quantitative estimate of drug-likeness (QED) is 0.0243. The fourth-order valence-corrected chi connectivity index (χ4v) is 11.3. The molecule has 0 saturated carbocycles. The smallest absolute Gasteiger partial charge is 0.387 e. The average Bonchev–Trinajstić information content (AvgIpc) is 3.39. The summed E-state index contributed by atoms with van der Waals surface area (Å²) in [4.78, 5) is 23.4. The lowest BCUT2D eigenvalue weighted by atomic mass is 10.0. The third kappa shape index (κ3) is 62.4. The van der Waals surface area contributed by atoms with Gasteiger partial charge >= 0.3 is 7.82 Å². The normalized spacial score (nSPS) is 13.8. The van der Waals surface area contributed by atoms with Gasteiger partial charge in [0.2, 0.25) is 5.91 Å². The predicted molar refractivity (Wildman–Crippen MR) is 337 cm³/mol. The third-order valence-corrected chi connectivity index (χ3v) is 16.9. The van der Waals surface area contributed by atoms with Gasteiger partial charge in [-0.1, -0.05) is 340 Å². The molecule has 0 aliphatic carbocycles. The van der Waals surface area contributed by atoms with Crippen molar-refractivity contribution < 1.29 is 32.9 Å². The molecule has 0 aromatic heterocycles. The van der Waals surface area contributed by atoms with Crippen molar-refractivity contribution in [3.05, 3.63) is 24.3 Å². The number of rotatable bonds is 64. The molecule has 3 atom stereocenters. The highest BCUT2D eigenvalue weighted by Crippen LogP contribution is 2.43. The van der Waals surface area contributed by atoms with Crippen molar-refractivity contribution in [3.63, 3.8) is 0 Å². The van der Waals surface area contributed by atoms with Crippen LogP contribution in [0.5, 0.6) is 0 Å². The highest BCUT2D eigenvalue weighted by Gasteiger charge is 2.28. The maximum atomic E-state index is 13.0. The molecule has 0 aromatic carbocycles. The van der Waals surface area contributed by atoms with Gasteiger partial charge in [0.15, 0.2) is 0 Å². The molecule has 0 aliphatic rings. The molecule has 3 unspecified atom stereocenters. The first kappa shape index (κ1) is 76.0. The molecule has 77 heavy (non-hydrogen) atoms. The first-order valence-corrected chi connectivity index (χ1v) is 35.7. The number of aliphatic hydroxyl groups is 1. The van der Waals surface area contributed by atoms with Gasteiger partial charge in [0, 0.05) is 6.42 Å². The number of hydrogen-bond donors (Lipinski definition) is 3. The van der Waals surface area contributed by atoms with Gasteiger partial charge in [0.05, 0.1) is 39.9 Å². The van der Waals surface area contributed by atoms with Crippen LogP contribution in [0.2, 0.25) is 0 Å². The zero-order valence-corrected chi connectivity index (χ0v) is 53.4. The summed E-state index contributed by atoms with van der Waals surface area (Å²) in [6.45, 7) is 4.85. The lowest BCUT2D eigenvalue weighted by molar-refractivity contribution is -0.870. The van der Waals surface area contributed by atoms with Crippen molar-refractivity contribution in [2.45, 2.75) is 366 Å². The molecule has 3 N–H and O–H groups in total. The minimum absolute atomic E-state index is 0.0589. The van der Waals surface area contributed by atoms with Gasteiger partial charge in [-0.2, -0.15) is 0 Å². The lowest BCUT2D eigenvalue weighted by Gasteiger charge is -2.25. The van der Waals surface area contributed by atoms with Crippen LogP contribution < -0.4 is 5.32 Å². The SMILES string of the molecule is CCCCCCCCCCCCCC/C=C/CC/C=C/C(O)C(COP(=O)(O)OCC[N+](C)(C)C)NC(=O)CCCCCCCCCCCCCCCCCCCCCCCCCCCCCCCCCCCCCCC. The molecular formula is C68H136N2O6P+. The van der Waals surface area contributed by atoms with E-state index in [1.54, 1.807) is 6.08 Å². The molecule has 8 nitrogen and oxygen atoms in total. The molecule has 0 aliphatic heterocycles. The van der Waals surface area contributed by atoms with Gasteiger partial charge in [-0.15, -0.1) is 0 Å². The van der Waals surface area contributed by atoms with E-state index in [1.807, 2.05) is 27.2 Å². The highest BCUT2D eigenvalue weighted by atomic mass is 31.2. The number of aliphatic hydroxyl groups excluding tert-OH is 1. The van der Waals surface area contributed by atoms with E-state index in [2.05, 4.69) is 31.3 Å². The second-order valence-corrected chi connectivity index (χ2v) is 26.4. The zero-order valence-electron chi connectivity index (χ0n) is 52.5. The molecule has 0 bridgehead atoms. The Hall–Kier alpha value is -1.02. The molecule has 0 fully saturated rings. The molecule has 9 heteroatoms. The van der Waals surface area contributed by atoms with Gasteiger partial charge in [-0.05, 0) is 32.1 Å². The number of amides is 1. The van der Waals surface area contributed by atoms with Crippen LogP contribution in [-0.2, 0) is 18.4 Å². The summed E-state index contributed by atoms with van der Waals surface area (Å²) >= 11 is 0. The first-order valence-electron chi connectivity index (χ1n) is 34.2. The summed E-state index contributed by atoms with van der Waals surface area (Å²) in [5, 5.41) is 13.9. The predicted octanol–water partition coefficient (Wildman–Crippen LogP) is 21.5. The number of allylic oxidation sites excluding steroid dienone is 3. The molecule has 0 rings (SSSR count).